The summed E-state index contributed by atoms with van der Waals surface area (Å²) in [6, 6.07) is 8.11. The smallest absolute Gasteiger partial charge is 0.251 e. The van der Waals surface area contributed by atoms with E-state index in [1.54, 1.807) is 24.4 Å². The highest BCUT2D eigenvalue weighted by Crippen LogP contribution is 2.27. The number of carbonyl (C=O) groups is 1. The summed E-state index contributed by atoms with van der Waals surface area (Å²) in [6.07, 6.45) is 1.66. The monoisotopic (exact) mass is 497 g/mol. The van der Waals surface area contributed by atoms with Crippen LogP contribution in [-0.4, -0.2) is 56.0 Å². The van der Waals surface area contributed by atoms with Crippen molar-refractivity contribution in [3.05, 3.63) is 52.1 Å². The molecule has 3 rings (SSSR count). The summed E-state index contributed by atoms with van der Waals surface area (Å²) in [5.41, 5.74) is 1.07. The van der Waals surface area contributed by atoms with Crippen LogP contribution in [0.1, 0.15) is 29.8 Å². The van der Waals surface area contributed by atoms with Crippen LogP contribution in [0.15, 0.2) is 45.9 Å². The molecule has 30 heavy (non-hydrogen) atoms. The number of amides is 1. The Morgan fingerprint density at radius 2 is 2.00 bits per heavy atom. The molecule has 162 valence electrons. The standard InChI is InChI=1S/C20H24BrN3O5S/c1-14(2)29-19-6-3-15(12-22-19)13-23-20(25)16-4-5-17(21)18(11-16)30(26,27)24-7-9-28-10-8-24/h3-6,11-12,14H,7-10,13H2,1-2H3,(H,23,25). The minimum absolute atomic E-state index is 0.0309. The highest BCUT2D eigenvalue weighted by molar-refractivity contribution is 9.10. The van der Waals surface area contributed by atoms with Crippen molar-refractivity contribution in [2.24, 2.45) is 0 Å². The van der Waals surface area contributed by atoms with Gasteiger partial charge in [-0.25, -0.2) is 13.4 Å². The van der Waals surface area contributed by atoms with Crippen molar-refractivity contribution in [3.63, 3.8) is 0 Å². The maximum Gasteiger partial charge on any atom is 0.251 e. The van der Waals surface area contributed by atoms with Crippen LogP contribution in [-0.2, 0) is 21.3 Å². The molecule has 1 amide bonds. The van der Waals surface area contributed by atoms with Crippen LogP contribution in [0.5, 0.6) is 5.88 Å². The van der Waals surface area contributed by atoms with Crippen molar-refractivity contribution in [1.29, 1.82) is 0 Å². The number of nitrogens with one attached hydrogen (secondary N) is 1. The number of rotatable bonds is 7. The fourth-order valence-electron chi connectivity index (χ4n) is 2.88. The van der Waals surface area contributed by atoms with Gasteiger partial charge in [0.2, 0.25) is 15.9 Å². The number of ether oxygens (including phenoxy) is 2. The van der Waals surface area contributed by atoms with Gasteiger partial charge in [-0.3, -0.25) is 4.79 Å². The van der Waals surface area contributed by atoms with Crippen LogP contribution in [0.2, 0.25) is 0 Å². The molecule has 1 saturated heterocycles. The van der Waals surface area contributed by atoms with Crippen LogP contribution in [0.25, 0.3) is 0 Å². The third-order valence-electron chi connectivity index (χ3n) is 4.39. The predicted octanol–water partition coefficient (Wildman–Crippen LogP) is 2.58. The Bertz CT molecular complexity index is 990. The van der Waals surface area contributed by atoms with Gasteiger partial charge in [-0.15, -0.1) is 0 Å². The fourth-order valence-corrected chi connectivity index (χ4v) is 5.24. The van der Waals surface area contributed by atoms with E-state index < -0.39 is 10.0 Å². The van der Waals surface area contributed by atoms with E-state index in [4.69, 9.17) is 9.47 Å². The predicted molar refractivity (Wildman–Crippen MR) is 115 cm³/mol. The number of sulfonamides is 1. The summed E-state index contributed by atoms with van der Waals surface area (Å²) in [5.74, 6) is 0.148. The lowest BCUT2D eigenvalue weighted by Gasteiger charge is -2.26. The Kier molecular flexibility index (Phi) is 7.45. The minimum atomic E-state index is -3.73. The third-order valence-corrected chi connectivity index (χ3v) is 7.28. The van der Waals surface area contributed by atoms with Crippen molar-refractivity contribution in [1.82, 2.24) is 14.6 Å². The molecule has 1 aliphatic rings. The number of nitrogens with zero attached hydrogens (tertiary/aromatic N) is 2. The second-order valence-electron chi connectivity index (χ2n) is 7.02. The number of aromatic nitrogens is 1. The number of morpholine rings is 1. The van der Waals surface area contributed by atoms with Crippen LogP contribution in [0.4, 0.5) is 0 Å². The molecule has 0 saturated carbocycles. The molecule has 0 spiro atoms. The van der Waals surface area contributed by atoms with Crippen LogP contribution >= 0.6 is 15.9 Å². The van der Waals surface area contributed by atoms with Crippen molar-refractivity contribution in [2.75, 3.05) is 26.3 Å². The topological polar surface area (TPSA) is 97.8 Å². The highest BCUT2D eigenvalue weighted by Gasteiger charge is 2.29. The molecule has 2 aromatic rings. The van der Waals surface area contributed by atoms with E-state index in [2.05, 4.69) is 26.2 Å². The largest absolute Gasteiger partial charge is 0.475 e. The number of carbonyl (C=O) groups excluding carboxylic acids is 1. The normalized spacial score (nSPS) is 15.2. The first-order valence-corrected chi connectivity index (χ1v) is 11.8. The Morgan fingerprint density at radius 1 is 1.27 bits per heavy atom. The molecule has 0 aliphatic carbocycles. The molecule has 0 bridgehead atoms. The maximum absolute atomic E-state index is 13.0. The van der Waals surface area contributed by atoms with E-state index >= 15 is 0 Å². The van der Waals surface area contributed by atoms with Gasteiger partial charge >= 0.3 is 0 Å². The van der Waals surface area contributed by atoms with E-state index in [0.29, 0.717) is 23.6 Å². The van der Waals surface area contributed by atoms with Crippen LogP contribution in [0.3, 0.4) is 0 Å². The molecule has 1 aromatic carbocycles. The summed E-state index contributed by atoms with van der Waals surface area (Å²) in [6.45, 7) is 5.38. The lowest BCUT2D eigenvalue weighted by Crippen LogP contribution is -2.40. The summed E-state index contributed by atoms with van der Waals surface area (Å²) < 4.78 is 38.4. The first-order valence-electron chi connectivity index (χ1n) is 9.54. The van der Waals surface area contributed by atoms with E-state index in [1.807, 2.05) is 19.9 Å². The van der Waals surface area contributed by atoms with Gasteiger partial charge in [0.05, 0.1) is 24.2 Å². The quantitative estimate of drug-likeness (QED) is 0.631. The van der Waals surface area contributed by atoms with E-state index in [-0.39, 0.29) is 42.1 Å². The van der Waals surface area contributed by atoms with Gasteiger partial charge in [0, 0.05) is 41.9 Å². The van der Waals surface area contributed by atoms with Gasteiger partial charge in [0.15, 0.2) is 0 Å². The van der Waals surface area contributed by atoms with E-state index in [0.717, 1.165) is 5.56 Å². The number of benzene rings is 1. The molecule has 8 nitrogen and oxygen atoms in total. The lowest BCUT2D eigenvalue weighted by molar-refractivity contribution is 0.0730. The Balaban J connectivity index is 1.70. The van der Waals surface area contributed by atoms with Gasteiger partial charge < -0.3 is 14.8 Å². The molecule has 1 fully saturated rings. The van der Waals surface area contributed by atoms with Crippen LogP contribution < -0.4 is 10.1 Å². The molecule has 0 atom stereocenters. The Labute approximate surface area is 184 Å². The van der Waals surface area contributed by atoms with Crippen molar-refractivity contribution < 1.29 is 22.7 Å². The number of hydrogen-bond acceptors (Lipinski definition) is 6. The molecule has 1 aliphatic heterocycles. The molecule has 10 heteroatoms. The summed E-state index contributed by atoms with van der Waals surface area (Å²) >= 11 is 3.29. The van der Waals surface area contributed by atoms with Crippen molar-refractivity contribution in [3.8, 4) is 5.88 Å². The van der Waals surface area contributed by atoms with Gasteiger partial charge in [-0.05, 0) is 53.5 Å². The first kappa shape index (κ1) is 22.7. The fraction of sp³-hybridized carbons (Fsp3) is 0.400. The van der Waals surface area contributed by atoms with E-state index in [1.165, 1.54) is 10.4 Å². The molecule has 0 radical (unpaired) electrons. The van der Waals surface area contributed by atoms with Gasteiger partial charge in [-0.2, -0.15) is 4.31 Å². The van der Waals surface area contributed by atoms with E-state index in [9.17, 15) is 13.2 Å². The average Bonchev–Trinajstić information content (AvgIpc) is 2.73. The third kappa shape index (κ3) is 5.57. The first-order chi connectivity index (χ1) is 14.3. The van der Waals surface area contributed by atoms with Crippen molar-refractivity contribution in [2.45, 2.75) is 31.4 Å². The molecular weight excluding hydrogens is 474 g/mol. The Hall–Kier alpha value is -2.01. The minimum Gasteiger partial charge on any atom is -0.475 e. The van der Waals surface area contributed by atoms with Gasteiger partial charge in [-0.1, -0.05) is 6.07 Å². The average molecular weight is 498 g/mol. The lowest BCUT2D eigenvalue weighted by atomic mass is 10.2. The van der Waals surface area contributed by atoms with Crippen LogP contribution in [0, 0.1) is 0 Å². The number of pyridine rings is 1. The van der Waals surface area contributed by atoms with Gasteiger partial charge in [0.1, 0.15) is 0 Å². The SMILES string of the molecule is CC(C)Oc1ccc(CNC(=O)c2ccc(Br)c(S(=O)(=O)N3CCOCC3)c2)cn1. The Morgan fingerprint density at radius 3 is 2.63 bits per heavy atom. The molecule has 0 unspecified atom stereocenters. The number of halogens is 1. The summed E-state index contributed by atoms with van der Waals surface area (Å²) in [4.78, 5) is 16.9. The second-order valence-corrected chi connectivity index (χ2v) is 9.78. The second kappa shape index (κ2) is 9.86. The molecule has 1 N–H and O–H groups in total. The zero-order valence-corrected chi connectivity index (χ0v) is 19.2. The zero-order chi connectivity index (χ0) is 21.7. The maximum atomic E-state index is 13.0. The molecule has 2 heterocycles. The summed E-state index contributed by atoms with van der Waals surface area (Å²) in [5, 5.41) is 2.79. The van der Waals surface area contributed by atoms with Gasteiger partial charge in [0.25, 0.3) is 5.91 Å². The highest BCUT2D eigenvalue weighted by atomic mass is 79.9. The zero-order valence-electron chi connectivity index (χ0n) is 16.8. The summed E-state index contributed by atoms with van der Waals surface area (Å²) in [7, 11) is -3.73. The number of hydrogen-bond donors (Lipinski definition) is 1. The molecular formula is C20H24BrN3O5S. The molecule has 1 aromatic heterocycles. The van der Waals surface area contributed by atoms with Crippen molar-refractivity contribution >= 4 is 31.9 Å².